The first-order chi connectivity index (χ1) is 7.35. The molecule has 0 unspecified atom stereocenters. The summed E-state index contributed by atoms with van der Waals surface area (Å²) in [5, 5.41) is 0. The van der Waals surface area contributed by atoms with Crippen LogP contribution >= 0.6 is 0 Å². The molecule has 2 nitrogen and oxygen atoms in total. The van der Waals surface area contributed by atoms with Crippen LogP contribution in [0.15, 0.2) is 12.1 Å². The molecule has 15 heavy (non-hydrogen) atoms. The van der Waals surface area contributed by atoms with Gasteiger partial charge >= 0.3 is 0 Å². The lowest BCUT2D eigenvalue weighted by Gasteiger charge is -2.12. The maximum absolute atomic E-state index is 5.30. The summed E-state index contributed by atoms with van der Waals surface area (Å²) in [5.41, 5.74) is 2.70. The van der Waals surface area contributed by atoms with Crippen molar-refractivity contribution in [1.82, 2.24) is 0 Å². The summed E-state index contributed by atoms with van der Waals surface area (Å²) in [5.74, 6) is 1.65. The van der Waals surface area contributed by atoms with Crippen molar-refractivity contribution < 1.29 is 9.47 Å². The quantitative estimate of drug-likeness (QED) is 0.689. The van der Waals surface area contributed by atoms with Gasteiger partial charge in [0.25, 0.3) is 0 Å². The van der Waals surface area contributed by atoms with Crippen LogP contribution in [0.2, 0.25) is 0 Å². The Hall–Kier alpha value is -1.18. The van der Waals surface area contributed by atoms with Gasteiger partial charge < -0.3 is 9.47 Å². The van der Waals surface area contributed by atoms with Crippen LogP contribution in [0.3, 0.4) is 0 Å². The molecule has 0 fully saturated rings. The van der Waals surface area contributed by atoms with Gasteiger partial charge in [-0.1, -0.05) is 0 Å². The van der Waals surface area contributed by atoms with Crippen LogP contribution in [0.1, 0.15) is 24.0 Å². The number of hydrogen-bond donors (Lipinski definition) is 0. The molecule has 0 aromatic heterocycles. The first-order valence-electron chi connectivity index (χ1n) is 5.29. The van der Waals surface area contributed by atoms with Crippen LogP contribution in [-0.4, -0.2) is 14.2 Å². The minimum atomic E-state index is 0.819. The van der Waals surface area contributed by atoms with Crippen LogP contribution in [0, 0.1) is 6.42 Å². The predicted molar refractivity (Wildman–Crippen MR) is 59.4 cm³/mol. The summed E-state index contributed by atoms with van der Waals surface area (Å²) in [4.78, 5) is 0. The van der Waals surface area contributed by atoms with Gasteiger partial charge in [0, 0.05) is 0 Å². The minimum absolute atomic E-state index is 0.819. The number of aryl methyl sites for hydroxylation is 1. The number of methoxy groups -OCH3 is 2. The van der Waals surface area contributed by atoms with Crippen molar-refractivity contribution in [3.05, 3.63) is 29.7 Å². The van der Waals surface area contributed by atoms with E-state index in [9.17, 15) is 0 Å². The summed E-state index contributed by atoms with van der Waals surface area (Å²) in [6.45, 7) is 0. The summed E-state index contributed by atoms with van der Waals surface area (Å²) < 4.78 is 10.6. The minimum Gasteiger partial charge on any atom is -0.493 e. The Morgan fingerprint density at radius 2 is 1.73 bits per heavy atom. The fourth-order valence-electron chi connectivity index (χ4n) is 1.99. The van der Waals surface area contributed by atoms with E-state index in [1.54, 1.807) is 14.2 Å². The second-order valence-electron chi connectivity index (χ2n) is 3.76. The van der Waals surface area contributed by atoms with E-state index in [1.165, 1.54) is 17.5 Å². The maximum atomic E-state index is 5.30. The Bertz CT molecular complexity index is 312. The van der Waals surface area contributed by atoms with E-state index in [-0.39, 0.29) is 0 Å². The van der Waals surface area contributed by atoms with Gasteiger partial charge in [-0.3, -0.25) is 0 Å². The molecular weight excluding hydrogens is 188 g/mol. The molecule has 2 heteroatoms. The molecule has 2 radical (unpaired) electrons. The first kappa shape index (κ1) is 10.3. The van der Waals surface area contributed by atoms with E-state index in [1.807, 2.05) is 0 Å². The molecule has 0 saturated carbocycles. The average Bonchev–Trinajstić information content (AvgIpc) is 2.51. The molecule has 0 saturated heterocycles. The fourth-order valence-corrected chi connectivity index (χ4v) is 1.99. The van der Waals surface area contributed by atoms with Crippen molar-refractivity contribution in [3.8, 4) is 11.5 Å². The van der Waals surface area contributed by atoms with Crippen molar-refractivity contribution >= 4 is 0 Å². The third-order valence-electron chi connectivity index (χ3n) is 2.82. The zero-order valence-electron chi connectivity index (χ0n) is 9.30. The third-order valence-corrected chi connectivity index (χ3v) is 2.82. The molecule has 0 heterocycles. The standard InChI is InChI=1S/C13H16O2/c1-14-12-8-10-6-4-3-5-7-11(10)9-13(12)15-2/h8-9H,3-4,6-7H2,1-2H3. The molecule has 80 valence electrons. The van der Waals surface area contributed by atoms with Gasteiger partial charge in [0.1, 0.15) is 0 Å². The van der Waals surface area contributed by atoms with Crippen molar-refractivity contribution in [2.75, 3.05) is 14.2 Å². The summed E-state index contributed by atoms with van der Waals surface area (Å²) >= 11 is 0. The van der Waals surface area contributed by atoms with Gasteiger partial charge in [-0.2, -0.15) is 0 Å². The maximum Gasteiger partial charge on any atom is 0.161 e. The normalized spacial score (nSPS) is 15.3. The zero-order valence-corrected chi connectivity index (χ0v) is 9.30. The largest absolute Gasteiger partial charge is 0.493 e. The second kappa shape index (κ2) is 4.56. The molecular formula is C13H16O2. The van der Waals surface area contributed by atoms with Crippen molar-refractivity contribution in [1.29, 1.82) is 0 Å². The average molecular weight is 204 g/mol. The molecule has 1 aliphatic carbocycles. The number of benzene rings is 1. The van der Waals surface area contributed by atoms with Crippen LogP contribution in [0.4, 0.5) is 0 Å². The van der Waals surface area contributed by atoms with Gasteiger partial charge in [0.05, 0.1) is 14.2 Å². The lowest BCUT2D eigenvalue weighted by molar-refractivity contribution is 0.354. The Balaban J connectivity index is 2.41. The fraction of sp³-hybridized carbons (Fsp3) is 0.462. The molecule has 0 N–H and O–H groups in total. The Labute approximate surface area is 91.2 Å². The first-order valence-corrected chi connectivity index (χ1v) is 5.29. The molecule has 0 aliphatic heterocycles. The van der Waals surface area contributed by atoms with Gasteiger partial charge in [0.2, 0.25) is 0 Å². The Kier molecular flexibility index (Phi) is 3.14. The van der Waals surface area contributed by atoms with Crippen LogP contribution in [-0.2, 0) is 12.8 Å². The molecule has 1 aromatic carbocycles. The van der Waals surface area contributed by atoms with E-state index in [2.05, 4.69) is 18.6 Å². The number of rotatable bonds is 2. The molecule has 0 spiro atoms. The van der Waals surface area contributed by atoms with Gasteiger partial charge in [-0.05, 0) is 55.4 Å². The Morgan fingerprint density at radius 1 is 1.07 bits per heavy atom. The monoisotopic (exact) mass is 204 g/mol. The van der Waals surface area contributed by atoms with Gasteiger partial charge in [-0.25, -0.2) is 0 Å². The van der Waals surface area contributed by atoms with E-state index in [0.717, 1.165) is 30.8 Å². The van der Waals surface area contributed by atoms with E-state index < -0.39 is 0 Å². The molecule has 1 aromatic rings. The third kappa shape index (κ3) is 2.09. The highest BCUT2D eigenvalue weighted by molar-refractivity contribution is 5.48. The van der Waals surface area contributed by atoms with Crippen molar-refractivity contribution in [2.24, 2.45) is 0 Å². The Morgan fingerprint density at radius 3 is 2.40 bits per heavy atom. The topological polar surface area (TPSA) is 18.5 Å². The van der Waals surface area contributed by atoms with E-state index >= 15 is 0 Å². The smallest absolute Gasteiger partial charge is 0.161 e. The van der Waals surface area contributed by atoms with E-state index in [4.69, 9.17) is 9.47 Å². The van der Waals surface area contributed by atoms with E-state index in [0.29, 0.717) is 0 Å². The lowest BCUT2D eigenvalue weighted by Crippen LogP contribution is -1.97. The molecule has 0 amide bonds. The predicted octanol–water partition coefficient (Wildman–Crippen LogP) is 2.66. The van der Waals surface area contributed by atoms with Crippen molar-refractivity contribution in [3.63, 3.8) is 0 Å². The zero-order chi connectivity index (χ0) is 10.7. The molecule has 0 bridgehead atoms. The second-order valence-corrected chi connectivity index (χ2v) is 3.76. The number of ether oxygens (including phenoxy) is 2. The SMILES string of the molecule is COc1cc2c(cc1OC)CCC[C]C2. The highest BCUT2D eigenvalue weighted by Gasteiger charge is 2.13. The molecule has 1 aliphatic rings. The van der Waals surface area contributed by atoms with Gasteiger partial charge in [0.15, 0.2) is 11.5 Å². The van der Waals surface area contributed by atoms with Crippen LogP contribution in [0.5, 0.6) is 11.5 Å². The summed E-state index contributed by atoms with van der Waals surface area (Å²) in [7, 11) is 3.35. The highest BCUT2D eigenvalue weighted by atomic mass is 16.5. The molecule has 0 atom stereocenters. The molecule has 2 rings (SSSR count). The summed E-state index contributed by atoms with van der Waals surface area (Å²) in [6, 6.07) is 4.17. The highest BCUT2D eigenvalue weighted by Crippen LogP contribution is 2.33. The summed E-state index contributed by atoms with van der Waals surface area (Å²) in [6.07, 6.45) is 7.70. The number of hydrogen-bond acceptors (Lipinski definition) is 2. The lowest BCUT2D eigenvalue weighted by atomic mass is 10.0. The number of fused-ring (bicyclic) bond motifs is 1. The van der Waals surface area contributed by atoms with Gasteiger partial charge in [-0.15, -0.1) is 0 Å². The van der Waals surface area contributed by atoms with Crippen LogP contribution < -0.4 is 9.47 Å². The van der Waals surface area contributed by atoms with Crippen LogP contribution in [0.25, 0.3) is 0 Å². The van der Waals surface area contributed by atoms with Crippen molar-refractivity contribution in [2.45, 2.75) is 25.7 Å².